The Balaban J connectivity index is 1.35. The number of hydrogen-bond donors (Lipinski definition) is 1. The van der Waals surface area contributed by atoms with E-state index in [2.05, 4.69) is 23.5 Å². The molecule has 0 unspecified atom stereocenters. The van der Waals surface area contributed by atoms with Crippen LogP contribution in [0.5, 0.6) is 0 Å². The number of carbonyl (C=O) groups excluding carboxylic acids is 1. The smallest absolute Gasteiger partial charge is 0.240 e. The normalized spacial score (nSPS) is 36.1. The molecule has 1 amide bonds. The number of carbonyl (C=O) groups is 1. The van der Waals surface area contributed by atoms with E-state index in [1.807, 2.05) is 6.07 Å². The van der Waals surface area contributed by atoms with Gasteiger partial charge in [-0.05, 0) is 80.8 Å². The summed E-state index contributed by atoms with van der Waals surface area (Å²) < 4.78 is 0. The highest BCUT2D eigenvalue weighted by molar-refractivity contribution is 7.13. The Morgan fingerprint density at radius 3 is 2.45 bits per heavy atom. The van der Waals surface area contributed by atoms with Crippen LogP contribution in [0.4, 0.5) is 0 Å². The van der Waals surface area contributed by atoms with Crippen LogP contribution in [0.2, 0.25) is 0 Å². The molecule has 1 aromatic heterocycles. The van der Waals surface area contributed by atoms with Crippen molar-refractivity contribution in [2.75, 3.05) is 0 Å². The van der Waals surface area contributed by atoms with Crippen LogP contribution in [-0.4, -0.2) is 12.1 Å². The van der Waals surface area contributed by atoms with Crippen molar-refractivity contribution in [3.63, 3.8) is 0 Å². The molecule has 4 bridgehead atoms. The molecule has 1 aromatic rings. The summed E-state index contributed by atoms with van der Waals surface area (Å²) in [5.41, 5.74) is 3.05. The molecule has 1 heterocycles. The highest BCUT2D eigenvalue weighted by Gasteiger charge is 2.51. The average Bonchev–Trinajstić information content (AvgIpc) is 2.82. The van der Waals surface area contributed by atoms with Crippen molar-refractivity contribution in [3.8, 4) is 0 Å². The Hall–Kier alpha value is -1.16. The van der Waals surface area contributed by atoms with Gasteiger partial charge in [-0.2, -0.15) is 5.10 Å². The Bertz CT molecular complexity index is 569. The van der Waals surface area contributed by atoms with Crippen LogP contribution in [-0.2, 0) is 4.79 Å². The third-order valence-corrected chi connectivity index (χ3v) is 6.78. The topological polar surface area (TPSA) is 41.5 Å². The van der Waals surface area contributed by atoms with E-state index in [1.54, 1.807) is 17.6 Å². The highest BCUT2D eigenvalue weighted by Crippen LogP contribution is 2.61. The fourth-order valence-electron chi connectivity index (χ4n) is 5.58. The summed E-state index contributed by atoms with van der Waals surface area (Å²) in [6, 6.07) is 4.11. The first kappa shape index (κ1) is 14.4. The molecule has 4 fully saturated rings. The number of hydrazone groups is 1. The lowest BCUT2D eigenvalue weighted by Gasteiger charge is -2.56. The van der Waals surface area contributed by atoms with E-state index >= 15 is 0 Å². The summed E-state index contributed by atoms with van der Waals surface area (Å²) in [7, 11) is 0. The van der Waals surface area contributed by atoms with Crippen LogP contribution in [0.1, 0.15) is 54.7 Å². The average molecular weight is 316 g/mol. The number of amides is 1. The van der Waals surface area contributed by atoms with Crippen LogP contribution in [0, 0.1) is 30.1 Å². The second-order valence-electron chi connectivity index (χ2n) is 7.84. The van der Waals surface area contributed by atoms with Crippen molar-refractivity contribution in [1.29, 1.82) is 0 Å². The molecule has 22 heavy (non-hydrogen) atoms. The quantitative estimate of drug-likeness (QED) is 0.659. The molecule has 0 radical (unpaired) electrons. The molecular formula is C18H24N2OS. The fourth-order valence-corrected chi connectivity index (χ4v) is 6.33. The molecule has 5 rings (SSSR count). The lowest BCUT2D eigenvalue weighted by molar-refractivity contribution is -0.129. The van der Waals surface area contributed by atoms with Crippen molar-refractivity contribution in [3.05, 3.63) is 21.9 Å². The number of hydrogen-bond acceptors (Lipinski definition) is 3. The van der Waals surface area contributed by atoms with Gasteiger partial charge in [-0.25, -0.2) is 5.43 Å². The number of nitrogens with one attached hydrogen (secondary N) is 1. The number of nitrogens with zero attached hydrogens (tertiary/aromatic N) is 1. The summed E-state index contributed by atoms with van der Waals surface area (Å²) in [5, 5.41) is 4.14. The molecule has 1 N–H and O–H groups in total. The zero-order chi connectivity index (χ0) is 15.2. The standard InChI is InChI=1S/C18H24N2OS/c1-12-2-3-16(22-12)11-19-20-17(21)10-18-7-13-4-14(8-18)6-15(5-13)9-18/h2-3,11,13-15H,4-10H2,1H3,(H,20,21). The number of aryl methyl sites for hydroxylation is 1. The zero-order valence-corrected chi connectivity index (χ0v) is 14.0. The first-order chi connectivity index (χ1) is 10.6. The van der Waals surface area contributed by atoms with Gasteiger partial charge >= 0.3 is 0 Å². The minimum Gasteiger partial charge on any atom is -0.273 e. The molecule has 0 aromatic carbocycles. The second-order valence-corrected chi connectivity index (χ2v) is 9.16. The number of thiophene rings is 1. The summed E-state index contributed by atoms with van der Waals surface area (Å²) >= 11 is 1.69. The van der Waals surface area contributed by atoms with E-state index in [0.717, 1.165) is 22.6 Å². The molecule has 118 valence electrons. The van der Waals surface area contributed by atoms with E-state index < -0.39 is 0 Å². The highest BCUT2D eigenvalue weighted by atomic mass is 32.1. The molecule has 0 spiro atoms. The first-order valence-corrected chi connectivity index (χ1v) is 9.30. The molecule has 0 saturated heterocycles. The van der Waals surface area contributed by atoms with Crippen molar-refractivity contribution in [2.24, 2.45) is 28.3 Å². The molecule has 3 nitrogen and oxygen atoms in total. The predicted octanol–water partition coefficient (Wildman–Crippen LogP) is 4.11. The minimum absolute atomic E-state index is 0.103. The lowest BCUT2D eigenvalue weighted by atomic mass is 9.49. The van der Waals surface area contributed by atoms with E-state index in [0.29, 0.717) is 11.8 Å². The van der Waals surface area contributed by atoms with Crippen molar-refractivity contribution >= 4 is 23.5 Å². The Labute approximate surface area is 136 Å². The first-order valence-electron chi connectivity index (χ1n) is 8.49. The monoisotopic (exact) mass is 316 g/mol. The van der Waals surface area contributed by atoms with Gasteiger partial charge in [0.25, 0.3) is 0 Å². The Morgan fingerprint density at radius 2 is 1.91 bits per heavy atom. The van der Waals surface area contributed by atoms with Gasteiger partial charge in [0.05, 0.1) is 6.21 Å². The van der Waals surface area contributed by atoms with E-state index in [4.69, 9.17) is 0 Å². The van der Waals surface area contributed by atoms with Gasteiger partial charge in [-0.1, -0.05) is 0 Å². The maximum absolute atomic E-state index is 12.3. The van der Waals surface area contributed by atoms with Crippen LogP contribution < -0.4 is 5.43 Å². The maximum Gasteiger partial charge on any atom is 0.240 e. The lowest BCUT2D eigenvalue weighted by Crippen LogP contribution is -2.47. The molecule has 4 aliphatic rings. The van der Waals surface area contributed by atoms with Crippen LogP contribution in [0.15, 0.2) is 17.2 Å². The van der Waals surface area contributed by atoms with Gasteiger partial charge in [-0.3, -0.25) is 4.79 Å². The summed E-state index contributed by atoms with van der Waals surface area (Å²) in [6.07, 6.45) is 10.6. The minimum atomic E-state index is 0.103. The predicted molar refractivity (Wildman–Crippen MR) is 90.0 cm³/mol. The van der Waals surface area contributed by atoms with Gasteiger partial charge in [0, 0.05) is 16.2 Å². The van der Waals surface area contributed by atoms with Crippen molar-refractivity contribution < 1.29 is 4.79 Å². The van der Waals surface area contributed by atoms with Gasteiger partial charge < -0.3 is 0 Å². The fraction of sp³-hybridized carbons (Fsp3) is 0.667. The molecule has 4 heteroatoms. The third kappa shape index (κ3) is 2.85. The van der Waals surface area contributed by atoms with Crippen LogP contribution in [0.25, 0.3) is 0 Å². The Morgan fingerprint density at radius 1 is 1.27 bits per heavy atom. The van der Waals surface area contributed by atoms with Crippen LogP contribution >= 0.6 is 11.3 Å². The van der Waals surface area contributed by atoms with Gasteiger partial charge in [0.2, 0.25) is 5.91 Å². The van der Waals surface area contributed by atoms with Gasteiger partial charge in [-0.15, -0.1) is 11.3 Å². The summed E-state index contributed by atoms with van der Waals surface area (Å²) in [5.74, 6) is 2.80. The second kappa shape index (κ2) is 5.48. The van der Waals surface area contributed by atoms with Gasteiger partial charge in [0.15, 0.2) is 0 Å². The van der Waals surface area contributed by atoms with Crippen LogP contribution in [0.3, 0.4) is 0 Å². The van der Waals surface area contributed by atoms with Gasteiger partial charge in [0.1, 0.15) is 0 Å². The molecule has 0 atom stereocenters. The van der Waals surface area contributed by atoms with Crippen molar-refractivity contribution in [2.45, 2.75) is 51.9 Å². The molecule has 0 aliphatic heterocycles. The molecule has 4 saturated carbocycles. The summed E-state index contributed by atoms with van der Waals surface area (Å²) in [4.78, 5) is 14.7. The largest absolute Gasteiger partial charge is 0.273 e. The summed E-state index contributed by atoms with van der Waals surface area (Å²) in [6.45, 7) is 2.08. The van der Waals surface area contributed by atoms with E-state index in [1.165, 1.54) is 43.4 Å². The van der Waals surface area contributed by atoms with E-state index in [-0.39, 0.29) is 5.91 Å². The maximum atomic E-state index is 12.3. The molecule has 4 aliphatic carbocycles. The van der Waals surface area contributed by atoms with E-state index in [9.17, 15) is 4.79 Å². The Kier molecular flexibility index (Phi) is 3.60. The molecular weight excluding hydrogens is 292 g/mol. The number of rotatable bonds is 4. The SMILES string of the molecule is Cc1ccc(C=NNC(=O)CC23CC4CC(CC(C4)C2)C3)s1. The van der Waals surface area contributed by atoms with Crippen molar-refractivity contribution in [1.82, 2.24) is 5.43 Å². The third-order valence-electron chi connectivity index (χ3n) is 5.84. The zero-order valence-electron chi connectivity index (χ0n) is 13.2.